The van der Waals surface area contributed by atoms with Gasteiger partial charge in [-0.25, -0.2) is 0 Å². The van der Waals surface area contributed by atoms with Crippen molar-refractivity contribution < 1.29 is 23.1 Å². The van der Waals surface area contributed by atoms with Crippen molar-refractivity contribution >= 4 is 16.9 Å². The quantitative estimate of drug-likeness (QED) is 0.938. The molecule has 2 rings (SSSR count). The molecule has 0 amide bonds. The number of rotatable bonds is 3. The van der Waals surface area contributed by atoms with Crippen molar-refractivity contribution in [2.75, 3.05) is 0 Å². The van der Waals surface area contributed by atoms with E-state index in [-0.39, 0.29) is 11.9 Å². The highest BCUT2D eigenvalue weighted by Gasteiger charge is 2.33. The molecule has 3 nitrogen and oxygen atoms in total. The lowest BCUT2D eigenvalue weighted by atomic mass is 10.1. The van der Waals surface area contributed by atoms with Gasteiger partial charge in [-0.2, -0.15) is 13.2 Å². The summed E-state index contributed by atoms with van der Waals surface area (Å²) in [4.78, 5) is 10.9. The molecule has 1 aromatic carbocycles. The van der Waals surface area contributed by atoms with E-state index in [1.54, 1.807) is 12.1 Å². The van der Waals surface area contributed by atoms with Crippen molar-refractivity contribution in [2.24, 2.45) is 13.0 Å². The van der Waals surface area contributed by atoms with Crippen molar-refractivity contribution in [1.29, 1.82) is 0 Å². The summed E-state index contributed by atoms with van der Waals surface area (Å²) >= 11 is 0. The zero-order chi connectivity index (χ0) is 15.1. The van der Waals surface area contributed by atoms with Crippen molar-refractivity contribution in [3.63, 3.8) is 0 Å². The minimum absolute atomic E-state index is 0.0904. The van der Waals surface area contributed by atoms with Gasteiger partial charge in [-0.15, -0.1) is 0 Å². The Labute approximate surface area is 113 Å². The first kappa shape index (κ1) is 14.4. The maximum atomic E-state index is 13.0. The van der Waals surface area contributed by atoms with Crippen molar-refractivity contribution in [3.8, 4) is 0 Å². The van der Waals surface area contributed by atoms with Crippen LogP contribution in [-0.4, -0.2) is 15.6 Å². The molecule has 0 aliphatic carbocycles. The van der Waals surface area contributed by atoms with E-state index in [0.29, 0.717) is 11.1 Å². The fraction of sp³-hybridized carbons (Fsp3) is 0.357. The zero-order valence-corrected chi connectivity index (χ0v) is 11.0. The Bertz CT molecular complexity index is 658. The molecule has 1 aromatic heterocycles. The summed E-state index contributed by atoms with van der Waals surface area (Å²) in [5.41, 5.74) is -0.0362. The van der Waals surface area contributed by atoms with Crippen LogP contribution in [0.15, 0.2) is 24.3 Å². The van der Waals surface area contributed by atoms with Gasteiger partial charge < -0.3 is 9.67 Å². The Kier molecular flexibility index (Phi) is 3.50. The summed E-state index contributed by atoms with van der Waals surface area (Å²) in [5.74, 6) is -1.61. The average Bonchev–Trinajstić information content (AvgIpc) is 2.65. The summed E-state index contributed by atoms with van der Waals surface area (Å²) < 4.78 is 40.4. The summed E-state index contributed by atoms with van der Waals surface area (Å²) in [5, 5.41) is 9.37. The number of halogens is 3. The van der Waals surface area contributed by atoms with Crippen LogP contribution in [0.5, 0.6) is 0 Å². The van der Waals surface area contributed by atoms with Gasteiger partial charge in [0.15, 0.2) is 0 Å². The lowest BCUT2D eigenvalue weighted by Crippen LogP contribution is -2.14. The Balaban J connectivity index is 2.56. The van der Waals surface area contributed by atoms with Crippen LogP contribution >= 0.6 is 0 Å². The molecule has 2 aromatic rings. The lowest BCUT2D eigenvalue weighted by Gasteiger charge is -2.12. The smallest absolute Gasteiger partial charge is 0.418 e. The number of aromatic nitrogens is 1. The second kappa shape index (κ2) is 4.85. The number of fused-ring (bicyclic) bond motifs is 1. The number of aryl methyl sites for hydroxylation is 1. The van der Waals surface area contributed by atoms with Crippen LogP contribution in [0.2, 0.25) is 0 Å². The van der Waals surface area contributed by atoms with Gasteiger partial charge in [0.05, 0.1) is 17.0 Å². The number of carboxylic acid groups (broad SMARTS) is 1. The Morgan fingerprint density at radius 2 is 2.05 bits per heavy atom. The molecule has 6 heteroatoms. The molecule has 108 valence electrons. The lowest BCUT2D eigenvalue weighted by molar-refractivity contribution is -0.141. The number of carbonyl (C=O) groups is 1. The van der Waals surface area contributed by atoms with E-state index in [2.05, 4.69) is 0 Å². The van der Waals surface area contributed by atoms with Gasteiger partial charge in [0.1, 0.15) is 0 Å². The fourth-order valence-electron chi connectivity index (χ4n) is 2.30. The second-order valence-electron chi connectivity index (χ2n) is 4.88. The Morgan fingerprint density at radius 3 is 2.60 bits per heavy atom. The number of nitrogens with zero attached hydrogens (tertiary/aromatic N) is 1. The Hall–Kier alpha value is -1.98. The number of hydrogen-bond donors (Lipinski definition) is 1. The van der Waals surface area contributed by atoms with Crippen LogP contribution in [0.3, 0.4) is 0 Å². The van der Waals surface area contributed by atoms with Crippen molar-refractivity contribution in [2.45, 2.75) is 19.5 Å². The number of para-hydroxylation sites is 1. The summed E-state index contributed by atoms with van der Waals surface area (Å²) in [6, 6.07) is 5.60. The molecule has 0 fully saturated rings. The van der Waals surface area contributed by atoms with Gasteiger partial charge in [-0.1, -0.05) is 19.1 Å². The van der Waals surface area contributed by atoms with Crippen LogP contribution in [0.4, 0.5) is 13.2 Å². The number of aliphatic carboxylic acids is 1. The van der Waals surface area contributed by atoms with E-state index >= 15 is 0 Å². The molecular weight excluding hydrogens is 271 g/mol. The molecule has 1 unspecified atom stereocenters. The van der Waals surface area contributed by atoms with Gasteiger partial charge in [-0.3, -0.25) is 4.79 Å². The molecule has 1 atom stereocenters. The monoisotopic (exact) mass is 285 g/mol. The minimum atomic E-state index is -4.43. The summed E-state index contributed by atoms with van der Waals surface area (Å²) in [6.07, 6.45) is -4.24. The Morgan fingerprint density at radius 1 is 1.40 bits per heavy atom. The van der Waals surface area contributed by atoms with E-state index in [0.717, 1.165) is 6.07 Å². The van der Waals surface area contributed by atoms with Crippen LogP contribution in [0.25, 0.3) is 10.9 Å². The molecule has 1 N–H and O–H groups in total. The van der Waals surface area contributed by atoms with Crippen molar-refractivity contribution in [3.05, 3.63) is 35.5 Å². The first-order valence-corrected chi connectivity index (χ1v) is 6.09. The largest absolute Gasteiger partial charge is 0.481 e. The van der Waals surface area contributed by atoms with E-state index < -0.39 is 23.6 Å². The maximum absolute atomic E-state index is 13.0. The van der Waals surface area contributed by atoms with Gasteiger partial charge in [-0.05, 0) is 12.1 Å². The SMILES string of the molecule is CC(Cc1cc2cccc(C(F)(F)F)c2n1C)C(=O)O. The van der Waals surface area contributed by atoms with Crippen LogP contribution < -0.4 is 0 Å². The van der Waals surface area contributed by atoms with Crippen LogP contribution in [0, 0.1) is 5.92 Å². The molecule has 0 aliphatic rings. The third-order valence-electron chi connectivity index (χ3n) is 3.40. The third-order valence-corrected chi connectivity index (χ3v) is 3.40. The predicted octanol–water partition coefficient (Wildman–Crippen LogP) is 3.46. The predicted molar refractivity (Wildman–Crippen MR) is 68.4 cm³/mol. The first-order chi connectivity index (χ1) is 9.21. The van der Waals surface area contributed by atoms with Gasteiger partial charge in [0.25, 0.3) is 0 Å². The van der Waals surface area contributed by atoms with E-state index in [9.17, 15) is 18.0 Å². The number of hydrogen-bond acceptors (Lipinski definition) is 1. The topological polar surface area (TPSA) is 42.2 Å². The van der Waals surface area contributed by atoms with E-state index in [1.165, 1.54) is 24.6 Å². The number of carboxylic acids is 1. The van der Waals surface area contributed by atoms with Gasteiger partial charge in [0, 0.05) is 24.5 Å². The molecule has 0 bridgehead atoms. The highest BCUT2D eigenvalue weighted by molar-refractivity contribution is 5.85. The van der Waals surface area contributed by atoms with Crippen LogP contribution in [-0.2, 0) is 24.4 Å². The zero-order valence-electron chi connectivity index (χ0n) is 11.0. The highest BCUT2D eigenvalue weighted by Crippen LogP contribution is 2.36. The number of alkyl halides is 3. The third kappa shape index (κ3) is 2.50. The second-order valence-corrected chi connectivity index (χ2v) is 4.88. The van der Waals surface area contributed by atoms with Crippen molar-refractivity contribution in [1.82, 2.24) is 4.57 Å². The molecular formula is C14H14F3NO2. The molecule has 0 saturated heterocycles. The molecule has 1 heterocycles. The first-order valence-electron chi connectivity index (χ1n) is 6.09. The fourth-order valence-corrected chi connectivity index (χ4v) is 2.30. The van der Waals surface area contributed by atoms with E-state index in [4.69, 9.17) is 5.11 Å². The summed E-state index contributed by atoms with van der Waals surface area (Å²) in [7, 11) is 1.53. The molecule has 0 spiro atoms. The minimum Gasteiger partial charge on any atom is -0.481 e. The van der Waals surface area contributed by atoms with E-state index in [1.807, 2.05) is 0 Å². The normalized spacial score (nSPS) is 13.7. The number of benzene rings is 1. The highest BCUT2D eigenvalue weighted by atomic mass is 19.4. The molecule has 0 radical (unpaired) electrons. The maximum Gasteiger partial charge on any atom is 0.418 e. The average molecular weight is 285 g/mol. The molecule has 0 saturated carbocycles. The van der Waals surface area contributed by atoms with Gasteiger partial charge in [0.2, 0.25) is 0 Å². The molecule has 0 aliphatic heterocycles. The van der Waals surface area contributed by atoms with Crippen LogP contribution in [0.1, 0.15) is 18.2 Å². The standard InChI is InChI=1S/C14H14F3NO2/c1-8(13(19)20)6-10-7-9-4-3-5-11(14(15,16)17)12(9)18(10)2/h3-5,7-8H,6H2,1-2H3,(H,19,20). The molecule has 20 heavy (non-hydrogen) atoms. The van der Waals surface area contributed by atoms with Gasteiger partial charge >= 0.3 is 12.1 Å². The summed E-state index contributed by atoms with van der Waals surface area (Å²) in [6.45, 7) is 1.53.